The van der Waals surface area contributed by atoms with Crippen LogP contribution in [0.15, 0.2) is 18.3 Å². The molecule has 0 bridgehead atoms. The van der Waals surface area contributed by atoms with Gasteiger partial charge in [-0.15, -0.1) is 0 Å². The summed E-state index contributed by atoms with van der Waals surface area (Å²) < 4.78 is 0. The smallest absolute Gasteiger partial charge is 0.255 e. The fraction of sp³-hybridized carbons (Fsp3) is 0.625. The predicted octanol–water partition coefficient (Wildman–Crippen LogP) is 1.55. The Kier molecular flexibility index (Phi) is 4.70. The summed E-state index contributed by atoms with van der Waals surface area (Å²) in [4.78, 5) is 19.2. The van der Waals surface area contributed by atoms with E-state index in [4.69, 9.17) is 0 Å². The van der Waals surface area contributed by atoms with E-state index in [1.54, 1.807) is 6.20 Å². The minimum atomic E-state index is 0.0310. The number of anilines is 1. The summed E-state index contributed by atoms with van der Waals surface area (Å²) in [5.41, 5.74) is 0.713. The molecule has 1 aromatic heterocycles. The molecule has 114 valence electrons. The Morgan fingerprint density at radius 1 is 1.24 bits per heavy atom. The molecule has 0 spiro atoms. The number of hydrogen-bond acceptors (Lipinski definition) is 4. The largest absolute Gasteiger partial charge is 0.353 e. The van der Waals surface area contributed by atoms with Gasteiger partial charge in [0.15, 0.2) is 0 Å². The summed E-state index contributed by atoms with van der Waals surface area (Å²) in [6.07, 6.45) is 7.73. The molecule has 2 aliphatic rings. The van der Waals surface area contributed by atoms with Gasteiger partial charge in [0.05, 0.1) is 5.56 Å². The van der Waals surface area contributed by atoms with Crippen LogP contribution >= 0.6 is 0 Å². The Morgan fingerprint density at radius 2 is 2.00 bits per heavy atom. The van der Waals surface area contributed by atoms with Crippen molar-refractivity contribution in [3.05, 3.63) is 23.9 Å². The van der Waals surface area contributed by atoms with Crippen molar-refractivity contribution in [3.63, 3.8) is 0 Å². The molecule has 0 radical (unpaired) electrons. The van der Waals surface area contributed by atoms with E-state index < -0.39 is 0 Å². The van der Waals surface area contributed by atoms with E-state index in [2.05, 4.69) is 20.5 Å². The van der Waals surface area contributed by atoms with Gasteiger partial charge < -0.3 is 15.5 Å². The number of pyridine rings is 1. The van der Waals surface area contributed by atoms with Crippen molar-refractivity contribution in [2.45, 2.75) is 38.1 Å². The molecule has 0 unspecified atom stereocenters. The Hall–Kier alpha value is -1.62. The van der Waals surface area contributed by atoms with E-state index in [1.807, 2.05) is 12.1 Å². The molecule has 1 amide bonds. The zero-order valence-corrected chi connectivity index (χ0v) is 12.5. The first-order valence-corrected chi connectivity index (χ1v) is 8.06. The third-order valence-corrected chi connectivity index (χ3v) is 4.39. The lowest BCUT2D eigenvalue weighted by molar-refractivity contribution is 0.0928. The molecule has 0 aromatic carbocycles. The van der Waals surface area contributed by atoms with E-state index in [9.17, 15) is 4.79 Å². The third kappa shape index (κ3) is 3.53. The van der Waals surface area contributed by atoms with E-state index in [0.717, 1.165) is 44.8 Å². The number of nitrogens with one attached hydrogen (secondary N) is 2. The number of carbonyl (C=O) groups excluding carboxylic acids is 1. The van der Waals surface area contributed by atoms with Crippen molar-refractivity contribution in [1.82, 2.24) is 15.6 Å². The molecule has 0 atom stereocenters. The standard InChI is InChI=1S/C16H24N4O/c21-16(19-13-5-2-1-3-6-13)14-7-4-8-18-15(14)20-11-9-17-10-12-20/h4,7-8,13,17H,1-3,5-6,9-12H2,(H,19,21). The predicted molar refractivity (Wildman–Crippen MR) is 83.7 cm³/mol. The molecular formula is C16H24N4O. The minimum absolute atomic E-state index is 0.0310. The molecule has 2 fully saturated rings. The topological polar surface area (TPSA) is 57.3 Å². The van der Waals surface area contributed by atoms with Gasteiger partial charge in [-0.05, 0) is 25.0 Å². The van der Waals surface area contributed by atoms with Crippen LogP contribution in [0.3, 0.4) is 0 Å². The molecule has 1 saturated heterocycles. The molecule has 1 aromatic rings. The Balaban J connectivity index is 1.72. The highest BCUT2D eigenvalue weighted by molar-refractivity contribution is 5.99. The fourth-order valence-corrected chi connectivity index (χ4v) is 3.21. The van der Waals surface area contributed by atoms with Crippen LogP contribution in [0.2, 0.25) is 0 Å². The number of rotatable bonds is 3. The number of aromatic nitrogens is 1. The minimum Gasteiger partial charge on any atom is -0.353 e. The van der Waals surface area contributed by atoms with Crippen LogP contribution in [-0.2, 0) is 0 Å². The molecule has 5 heteroatoms. The first-order chi connectivity index (χ1) is 10.3. The molecule has 2 N–H and O–H groups in total. The lowest BCUT2D eigenvalue weighted by atomic mass is 9.95. The number of amides is 1. The van der Waals surface area contributed by atoms with Crippen LogP contribution in [0.4, 0.5) is 5.82 Å². The summed E-state index contributed by atoms with van der Waals surface area (Å²) >= 11 is 0. The van der Waals surface area contributed by atoms with Crippen LogP contribution in [-0.4, -0.2) is 43.1 Å². The highest BCUT2D eigenvalue weighted by Gasteiger charge is 2.22. The van der Waals surface area contributed by atoms with Gasteiger partial charge in [0.25, 0.3) is 5.91 Å². The van der Waals surface area contributed by atoms with Gasteiger partial charge in [0.1, 0.15) is 5.82 Å². The van der Waals surface area contributed by atoms with Gasteiger partial charge in [-0.1, -0.05) is 19.3 Å². The van der Waals surface area contributed by atoms with Crippen LogP contribution in [0.5, 0.6) is 0 Å². The SMILES string of the molecule is O=C(NC1CCCCC1)c1cccnc1N1CCNCC1. The zero-order valence-electron chi connectivity index (χ0n) is 12.5. The molecular weight excluding hydrogens is 264 g/mol. The Bertz CT molecular complexity index is 479. The second-order valence-electron chi connectivity index (χ2n) is 5.92. The second-order valence-corrected chi connectivity index (χ2v) is 5.92. The van der Waals surface area contributed by atoms with Crippen LogP contribution in [0.25, 0.3) is 0 Å². The number of piperazine rings is 1. The summed E-state index contributed by atoms with van der Waals surface area (Å²) in [7, 11) is 0. The van der Waals surface area contributed by atoms with Crippen LogP contribution in [0.1, 0.15) is 42.5 Å². The fourth-order valence-electron chi connectivity index (χ4n) is 3.21. The van der Waals surface area contributed by atoms with Gasteiger partial charge >= 0.3 is 0 Å². The van der Waals surface area contributed by atoms with Gasteiger partial charge in [-0.25, -0.2) is 4.98 Å². The number of nitrogens with zero attached hydrogens (tertiary/aromatic N) is 2. The molecule has 1 aliphatic carbocycles. The highest BCUT2D eigenvalue weighted by atomic mass is 16.1. The van der Waals surface area contributed by atoms with E-state index in [-0.39, 0.29) is 5.91 Å². The average Bonchev–Trinajstić information content (AvgIpc) is 2.56. The normalized spacial score (nSPS) is 20.3. The maximum Gasteiger partial charge on any atom is 0.255 e. The molecule has 2 heterocycles. The molecule has 3 rings (SSSR count). The van der Waals surface area contributed by atoms with E-state index in [1.165, 1.54) is 19.3 Å². The quantitative estimate of drug-likeness (QED) is 0.886. The second kappa shape index (κ2) is 6.89. The summed E-state index contributed by atoms with van der Waals surface area (Å²) in [5, 5.41) is 6.52. The summed E-state index contributed by atoms with van der Waals surface area (Å²) in [6, 6.07) is 4.08. The molecule has 5 nitrogen and oxygen atoms in total. The first-order valence-electron chi connectivity index (χ1n) is 8.06. The zero-order chi connectivity index (χ0) is 14.5. The van der Waals surface area contributed by atoms with Crippen LogP contribution in [0, 0.1) is 0 Å². The van der Waals surface area contributed by atoms with Crippen molar-refractivity contribution in [2.75, 3.05) is 31.1 Å². The maximum absolute atomic E-state index is 12.6. The van der Waals surface area contributed by atoms with Crippen molar-refractivity contribution in [1.29, 1.82) is 0 Å². The Morgan fingerprint density at radius 3 is 2.76 bits per heavy atom. The van der Waals surface area contributed by atoms with Crippen molar-refractivity contribution >= 4 is 11.7 Å². The number of carbonyl (C=O) groups is 1. The summed E-state index contributed by atoms with van der Waals surface area (Å²) in [6.45, 7) is 3.70. The van der Waals surface area contributed by atoms with Gasteiger partial charge in [0.2, 0.25) is 0 Å². The average molecular weight is 288 g/mol. The van der Waals surface area contributed by atoms with Gasteiger partial charge in [-0.2, -0.15) is 0 Å². The lowest BCUT2D eigenvalue weighted by Crippen LogP contribution is -2.45. The molecule has 1 saturated carbocycles. The van der Waals surface area contributed by atoms with E-state index >= 15 is 0 Å². The highest BCUT2D eigenvalue weighted by Crippen LogP contribution is 2.21. The van der Waals surface area contributed by atoms with Crippen molar-refractivity contribution in [2.24, 2.45) is 0 Å². The summed E-state index contributed by atoms with van der Waals surface area (Å²) in [5.74, 6) is 0.857. The number of hydrogen-bond donors (Lipinski definition) is 2. The Labute approximate surface area is 126 Å². The monoisotopic (exact) mass is 288 g/mol. The van der Waals surface area contributed by atoms with Crippen LogP contribution < -0.4 is 15.5 Å². The third-order valence-electron chi connectivity index (χ3n) is 4.39. The van der Waals surface area contributed by atoms with E-state index in [0.29, 0.717) is 11.6 Å². The molecule has 1 aliphatic heterocycles. The lowest BCUT2D eigenvalue weighted by Gasteiger charge is -2.30. The maximum atomic E-state index is 12.6. The van der Waals surface area contributed by atoms with Gasteiger partial charge in [-0.3, -0.25) is 4.79 Å². The molecule has 21 heavy (non-hydrogen) atoms. The van der Waals surface area contributed by atoms with Crippen molar-refractivity contribution in [3.8, 4) is 0 Å². The van der Waals surface area contributed by atoms with Crippen molar-refractivity contribution < 1.29 is 4.79 Å². The first kappa shape index (κ1) is 14.3. The van der Waals surface area contributed by atoms with Gasteiger partial charge in [0, 0.05) is 38.4 Å².